The first kappa shape index (κ1) is 15.8. The van der Waals surface area contributed by atoms with Crippen molar-refractivity contribution >= 4 is 28.8 Å². The van der Waals surface area contributed by atoms with Crippen LogP contribution in [0.5, 0.6) is 0 Å². The summed E-state index contributed by atoms with van der Waals surface area (Å²) in [6.07, 6.45) is 1.93. The SMILES string of the molecule is CC(NC(=O)c1cccn1Cc1ccccc1)c1ccc(Cl)s1. The molecule has 1 unspecified atom stereocenters. The summed E-state index contributed by atoms with van der Waals surface area (Å²) in [4.78, 5) is 13.6. The van der Waals surface area contributed by atoms with Crippen molar-refractivity contribution in [2.24, 2.45) is 0 Å². The third-order valence-electron chi connectivity index (χ3n) is 3.63. The topological polar surface area (TPSA) is 34.0 Å². The van der Waals surface area contributed by atoms with Gasteiger partial charge in [0.05, 0.1) is 10.4 Å². The van der Waals surface area contributed by atoms with Crippen molar-refractivity contribution in [1.29, 1.82) is 0 Å². The second-order valence-electron chi connectivity index (χ2n) is 5.34. The lowest BCUT2D eigenvalue weighted by atomic mass is 10.2. The zero-order valence-corrected chi connectivity index (χ0v) is 14.3. The van der Waals surface area contributed by atoms with E-state index in [-0.39, 0.29) is 11.9 Å². The molecule has 0 radical (unpaired) electrons. The number of nitrogens with zero attached hydrogens (tertiary/aromatic N) is 1. The van der Waals surface area contributed by atoms with E-state index >= 15 is 0 Å². The van der Waals surface area contributed by atoms with E-state index in [1.165, 1.54) is 11.3 Å². The van der Waals surface area contributed by atoms with Crippen LogP contribution in [0.15, 0.2) is 60.8 Å². The molecule has 1 aromatic carbocycles. The predicted octanol–water partition coefficient (Wildman–Crippen LogP) is 4.74. The molecule has 2 aromatic heterocycles. The molecule has 0 aliphatic carbocycles. The van der Waals surface area contributed by atoms with Gasteiger partial charge in [0.25, 0.3) is 5.91 Å². The molecular weight excluding hydrogens is 328 g/mol. The highest BCUT2D eigenvalue weighted by molar-refractivity contribution is 7.16. The average molecular weight is 345 g/mol. The summed E-state index contributed by atoms with van der Waals surface area (Å²) >= 11 is 7.44. The van der Waals surface area contributed by atoms with Crippen molar-refractivity contribution in [2.75, 3.05) is 0 Å². The average Bonchev–Trinajstić information content (AvgIpc) is 3.17. The molecule has 0 spiro atoms. The van der Waals surface area contributed by atoms with Gasteiger partial charge in [-0.25, -0.2) is 0 Å². The Kier molecular flexibility index (Phi) is 4.84. The van der Waals surface area contributed by atoms with Crippen molar-refractivity contribution in [3.8, 4) is 0 Å². The van der Waals surface area contributed by atoms with Crippen LogP contribution in [0.2, 0.25) is 4.34 Å². The Bertz CT molecular complexity index is 794. The fourth-order valence-electron chi connectivity index (χ4n) is 2.44. The summed E-state index contributed by atoms with van der Waals surface area (Å²) in [6.45, 7) is 2.64. The van der Waals surface area contributed by atoms with Gasteiger partial charge >= 0.3 is 0 Å². The lowest BCUT2D eigenvalue weighted by Crippen LogP contribution is -2.28. The molecule has 1 N–H and O–H groups in total. The maximum absolute atomic E-state index is 12.5. The van der Waals surface area contributed by atoms with Crippen molar-refractivity contribution in [3.05, 3.63) is 81.3 Å². The first-order chi connectivity index (χ1) is 11.1. The Morgan fingerprint density at radius 2 is 1.96 bits per heavy atom. The number of hydrogen-bond donors (Lipinski definition) is 1. The molecule has 0 saturated heterocycles. The molecule has 1 atom stereocenters. The van der Waals surface area contributed by atoms with Crippen LogP contribution in [0.25, 0.3) is 0 Å². The molecule has 23 heavy (non-hydrogen) atoms. The standard InChI is InChI=1S/C18H17ClN2OS/c1-13(16-9-10-17(19)23-16)20-18(22)15-8-5-11-21(15)12-14-6-3-2-4-7-14/h2-11,13H,12H2,1H3,(H,20,22). The normalized spacial score (nSPS) is 12.1. The number of benzene rings is 1. The largest absolute Gasteiger partial charge is 0.343 e. The second-order valence-corrected chi connectivity index (χ2v) is 7.09. The lowest BCUT2D eigenvalue weighted by molar-refractivity contribution is 0.0931. The van der Waals surface area contributed by atoms with Crippen LogP contribution in [0, 0.1) is 0 Å². The highest BCUT2D eigenvalue weighted by Crippen LogP contribution is 2.26. The van der Waals surface area contributed by atoms with E-state index in [4.69, 9.17) is 11.6 Å². The van der Waals surface area contributed by atoms with E-state index in [9.17, 15) is 4.79 Å². The molecule has 0 aliphatic heterocycles. The van der Waals surface area contributed by atoms with E-state index in [2.05, 4.69) is 17.4 Å². The number of carbonyl (C=O) groups excluding carboxylic acids is 1. The van der Waals surface area contributed by atoms with E-state index in [0.717, 1.165) is 14.8 Å². The maximum atomic E-state index is 12.5. The van der Waals surface area contributed by atoms with Crippen LogP contribution in [0.3, 0.4) is 0 Å². The third kappa shape index (κ3) is 3.84. The minimum atomic E-state index is -0.0806. The van der Waals surface area contributed by atoms with Gasteiger partial charge in [0.1, 0.15) is 5.69 Å². The van der Waals surface area contributed by atoms with Gasteiger partial charge in [0, 0.05) is 17.6 Å². The van der Waals surface area contributed by atoms with Gasteiger partial charge < -0.3 is 9.88 Å². The number of thiophene rings is 1. The Morgan fingerprint density at radius 3 is 2.65 bits per heavy atom. The van der Waals surface area contributed by atoms with Gasteiger partial charge in [-0.2, -0.15) is 0 Å². The molecule has 2 heterocycles. The summed E-state index contributed by atoms with van der Waals surface area (Å²) < 4.78 is 2.69. The number of aromatic nitrogens is 1. The molecule has 118 valence electrons. The monoisotopic (exact) mass is 344 g/mol. The maximum Gasteiger partial charge on any atom is 0.268 e. The molecule has 3 aromatic rings. The van der Waals surface area contributed by atoms with E-state index in [0.29, 0.717) is 12.2 Å². The number of halogens is 1. The molecule has 0 bridgehead atoms. The number of hydrogen-bond acceptors (Lipinski definition) is 2. The van der Waals surface area contributed by atoms with Gasteiger partial charge in [-0.3, -0.25) is 4.79 Å². The first-order valence-electron chi connectivity index (χ1n) is 7.38. The molecular formula is C18H17ClN2OS. The first-order valence-corrected chi connectivity index (χ1v) is 8.58. The summed E-state index contributed by atoms with van der Waals surface area (Å²) in [7, 11) is 0. The highest BCUT2D eigenvalue weighted by atomic mass is 35.5. The quantitative estimate of drug-likeness (QED) is 0.712. The fraction of sp³-hybridized carbons (Fsp3) is 0.167. The van der Waals surface area contributed by atoms with Crippen molar-refractivity contribution in [3.63, 3.8) is 0 Å². The zero-order chi connectivity index (χ0) is 16.2. The van der Waals surface area contributed by atoms with Crippen LogP contribution < -0.4 is 5.32 Å². The summed E-state index contributed by atoms with van der Waals surface area (Å²) in [5.74, 6) is -0.0806. The smallest absolute Gasteiger partial charge is 0.268 e. The molecule has 5 heteroatoms. The van der Waals surface area contributed by atoms with Gasteiger partial charge in [-0.1, -0.05) is 41.9 Å². The molecule has 3 rings (SSSR count). The molecule has 0 aliphatic rings. The van der Waals surface area contributed by atoms with Crippen LogP contribution in [0.4, 0.5) is 0 Å². The van der Waals surface area contributed by atoms with Gasteiger partial charge in [-0.15, -0.1) is 11.3 Å². The fourth-order valence-corrected chi connectivity index (χ4v) is 3.50. The molecule has 3 nitrogen and oxygen atoms in total. The minimum Gasteiger partial charge on any atom is -0.343 e. The summed E-state index contributed by atoms with van der Waals surface area (Å²) in [6, 6.07) is 17.6. The Morgan fingerprint density at radius 1 is 1.17 bits per heavy atom. The predicted molar refractivity (Wildman–Crippen MR) is 95.2 cm³/mol. The zero-order valence-electron chi connectivity index (χ0n) is 12.7. The number of carbonyl (C=O) groups is 1. The summed E-state index contributed by atoms with van der Waals surface area (Å²) in [5, 5.41) is 3.03. The molecule has 0 fully saturated rings. The second kappa shape index (κ2) is 7.02. The lowest BCUT2D eigenvalue weighted by Gasteiger charge is -2.14. The van der Waals surface area contributed by atoms with E-state index in [1.807, 2.05) is 60.2 Å². The van der Waals surface area contributed by atoms with Crippen LogP contribution in [0.1, 0.15) is 33.9 Å². The van der Waals surface area contributed by atoms with Gasteiger partial charge in [0.2, 0.25) is 0 Å². The Hall–Kier alpha value is -2.04. The van der Waals surface area contributed by atoms with Crippen molar-refractivity contribution in [1.82, 2.24) is 9.88 Å². The Balaban J connectivity index is 1.72. The number of nitrogens with one attached hydrogen (secondary N) is 1. The van der Waals surface area contributed by atoms with Crippen LogP contribution in [-0.4, -0.2) is 10.5 Å². The van der Waals surface area contributed by atoms with E-state index < -0.39 is 0 Å². The van der Waals surface area contributed by atoms with Gasteiger partial charge in [-0.05, 0) is 36.8 Å². The van der Waals surface area contributed by atoms with Crippen molar-refractivity contribution < 1.29 is 4.79 Å². The van der Waals surface area contributed by atoms with Crippen molar-refractivity contribution in [2.45, 2.75) is 19.5 Å². The summed E-state index contributed by atoms with van der Waals surface area (Å²) in [5.41, 5.74) is 1.82. The third-order valence-corrected chi connectivity index (χ3v) is 5.04. The molecule has 0 saturated carbocycles. The number of rotatable bonds is 5. The van der Waals surface area contributed by atoms with Gasteiger partial charge in [0.15, 0.2) is 0 Å². The van der Waals surface area contributed by atoms with Crippen LogP contribution >= 0.6 is 22.9 Å². The minimum absolute atomic E-state index is 0.0694. The molecule has 1 amide bonds. The number of amides is 1. The van der Waals surface area contributed by atoms with Crippen LogP contribution in [-0.2, 0) is 6.54 Å². The van der Waals surface area contributed by atoms with E-state index in [1.54, 1.807) is 0 Å². The Labute approximate surface area is 144 Å². The highest BCUT2D eigenvalue weighted by Gasteiger charge is 2.16.